The van der Waals surface area contributed by atoms with Crippen LogP contribution in [0.3, 0.4) is 0 Å². The molecule has 108 valence electrons. The van der Waals surface area contributed by atoms with E-state index in [1.807, 2.05) is 25.1 Å². The van der Waals surface area contributed by atoms with Crippen molar-refractivity contribution in [3.8, 4) is 0 Å². The van der Waals surface area contributed by atoms with Crippen molar-refractivity contribution in [3.63, 3.8) is 0 Å². The molecule has 0 aliphatic rings. The SMILES string of the molecule is CCC(CC)n1ccc(CNc2cccc(Cl)c2C)n1. The summed E-state index contributed by atoms with van der Waals surface area (Å²) in [6.45, 7) is 7.13. The van der Waals surface area contributed by atoms with Crippen molar-refractivity contribution in [1.82, 2.24) is 9.78 Å². The van der Waals surface area contributed by atoms with Gasteiger partial charge in [0.15, 0.2) is 0 Å². The monoisotopic (exact) mass is 291 g/mol. The number of nitrogens with zero attached hydrogens (tertiary/aromatic N) is 2. The number of hydrogen-bond donors (Lipinski definition) is 1. The first-order valence-electron chi connectivity index (χ1n) is 7.18. The average Bonchev–Trinajstić information content (AvgIpc) is 2.91. The number of benzene rings is 1. The highest BCUT2D eigenvalue weighted by molar-refractivity contribution is 6.31. The predicted molar refractivity (Wildman–Crippen MR) is 85.4 cm³/mol. The molecule has 0 spiro atoms. The Hall–Kier alpha value is -1.48. The van der Waals surface area contributed by atoms with Crippen LogP contribution in [0, 0.1) is 6.92 Å². The molecular weight excluding hydrogens is 270 g/mol. The molecule has 0 atom stereocenters. The van der Waals surface area contributed by atoms with E-state index in [1.165, 1.54) is 0 Å². The minimum absolute atomic E-state index is 0.497. The van der Waals surface area contributed by atoms with Crippen LogP contribution in [-0.2, 0) is 6.54 Å². The fraction of sp³-hybridized carbons (Fsp3) is 0.438. The van der Waals surface area contributed by atoms with Gasteiger partial charge in [-0.05, 0) is 43.5 Å². The fourth-order valence-electron chi connectivity index (χ4n) is 2.32. The standard InChI is InChI=1S/C16H22ClN3/c1-4-14(5-2)20-10-9-13(19-20)11-18-16-8-6-7-15(17)12(16)3/h6-10,14,18H,4-5,11H2,1-3H3. The van der Waals surface area contributed by atoms with Crippen LogP contribution in [0.25, 0.3) is 0 Å². The molecule has 0 aliphatic heterocycles. The van der Waals surface area contributed by atoms with Gasteiger partial charge in [0.25, 0.3) is 0 Å². The quantitative estimate of drug-likeness (QED) is 0.827. The summed E-state index contributed by atoms with van der Waals surface area (Å²) in [7, 11) is 0. The number of hydrogen-bond acceptors (Lipinski definition) is 2. The van der Waals surface area contributed by atoms with E-state index >= 15 is 0 Å². The van der Waals surface area contributed by atoms with E-state index in [0.29, 0.717) is 12.6 Å². The third-order valence-electron chi connectivity index (χ3n) is 3.71. The number of rotatable bonds is 6. The molecule has 0 bridgehead atoms. The highest BCUT2D eigenvalue weighted by atomic mass is 35.5. The molecule has 0 amide bonds. The molecule has 0 saturated carbocycles. The minimum atomic E-state index is 0.497. The first-order valence-corrected chi connectivity index (χ1v) is 7.56. The summed E-state index contributed by atoms with van der Waals surface area (Å²) < 4.78 is 2.07. The second kappa shape index (κ2) is 6.80. The predicted octanol–water partition coefficient (Wildman–Crippen LogP) is 4.82. The number of anilines is 1. The lowest BCUT2D eigenvalue weighted by molar-refractivity contribution is 0.426. The molecule has 2 rings (SSSR count). The first kappa shape index (κ1) is 14.9. The summed E-state index contributed by atoms with van der Waals surface area (Å²) in [4.78, 5) is 0. The van der Waals surface area contributed by atoms with Crippen molar-refractivity contribution >= 4 is 17.3 Å². The smallest absolute Gasteiger partial charge is 0.0815 e. The van der Waals surface area contributed by atoms with E-state index in [0.717, 1.165) is 34.8 Å². The lowest BCUT2D eigenvalue weighted by Gasteiger charge is -2.13. The Morgan fingerprint density at radius 1 is 1.25 bits per heavy atom. The Bertz CT molecular complexity index is 559. The molecular formula is C16H22ClN3. The maximum atomic E-state index is 6.12. The summed E-state index contributed by atoms with van der Waals surface area (Å²) in [5.41, 5.74) is 3.19. The molecule has 0 unspecified atom stereocenters. The molecule has 1 N–H and O–H groups in total. The van der Waals surface area contributed by atoms with Gasteiger partial charge in [0.2, 0.25) is 0 Å². The van der Waals surface area contributed by atoms with Gasteiger partial charge < -0.3 is 5.32 Å². The second-order valence-corrected chi connectivity index (χ2v) is 5.43. The minimum Gasteiger partial charge on any atom is -0.379 e. The van der Waals surface area contributed by atoms with Gasteiger partial charge >= 0.3 is 0 Å². The van der Waals surface area contributed by atoms with Crippen molar-refractivity contribution in [2.45, 2.75) is 46.2 Å². The Morgan fingerprint density at radius 3 is 2.70 bits per heavy atom. The van der Waals surface area contributed by atoms with Gasteiger partial charge in [-0.2, -0.15) is 5.10 Å². The zero-order chi connectivity index (χ0) is 14.5. The lowest BCUT2D eigenvalue weighted by Crippen LogP contribution is -2.09. The Morgan fingerprint density at radius 2 is 2.00 bits per heavy atom. The van der Waals surface area contributed by atoms with E-state index in [-0.39, 0.29) is 0 Å². The van der Waals surface area contributed by atoms with Gasteiger partial charge in [-0.15, -0.1) is 0 Å². The second-order valence-electron chi connectivity index (χ2n) is 5.02. The summed E-state index contributed by atoms with van der Waals surface area (Å²) >= 11 is 6.12. The molecule has 0 fully saturated rings. The van der Waals surface area contributed by atoms with E-state index in [1.54, 1.807) is 0 Å². The first-order chi connectivity index (χ1) is 9.65. The third-order valence-corrected chi connectivity index (χ3v) is 4.12. The Kier molecular flexibility index (Phi) is 5.07. The Labute approximate surface area is 126 Å². The molecule has 20 heavy (non-hydrogen) atoms. The summed E-state index contributed by atoms with van der Waals surface area (Å²) in [6, 6.07) is 8.48. The zero-order valence-corrected chi connectivity index (χ0v) is 13.1. The highest BCUT2D eigenvalue weighted by Crippen LogP contribution is 2.23. The average molecular weight is 292 g/mol. The molecule has 1 aromatic heterocycles. The molecule has 1 aromatic carbocycles. The number of nitrogens with one attached hydrogen (secondary N) is 1. The van der Waals surface area contributed by atoms with E-state index < -0.39 is 0 Å². The van der Waals surface area contributed by atoms with Crippen molar-refractivity contribution in [2.75, 3.05) is 5.32 Å². The van der Waals surface area contributed by atoms with Crippen molar-refractivity contribution in [1.29, 1.82) is 0 Å². The van der Waals surface area contributed by atoms with Crippen molar-refractivity contribution in [2.24, 2.45) is 0 Å². The van der Waals surface area contributed by atoms with Crippen LogP contribution in [-0.4, -0.2) is 9.78 Å². The molecule has 0 saturated heterocycles. The summed E-state index contributed by atoms with van der Waals surface area (Å²) in [5.74, 6) is 0. The van der Waals surface area contributed by atoms with Gasteiger partial charge in [-0.1, -0.05) is 31.5 Å². The summed E-state index contributed by atoms with van der Waals surface area (Å²) in [6.07, 6.45) is 4.29. The maximum Gasteiger partial charge on any atom is 0.0815 e. The zero-order valence-electron chi connectivity index (χ0n) is 12.4. The van der Waals surface area contributed by atoms with E-state index in [4.69, 9.17) is 11.6 Å². The van der Waals surface area contributed by atoms with Gasteiger partial charge in [0.1, 0.15) is 0 Å². The van der Waals surface area contributed by atoms with Crippen LogP contribution >= 0.6 is 11.6 Å². The molecule has 3 nitrogen and oxygen atoms in total. The van der Waals surface area contributed by atoms with Crippen LogP contribution in [0.2, 0.25) is 5.02 Å². The summed E-state index contributed by atoms with van der Waals surface area (Å²) in [5, 5.41) is 8.83. The maximum absolute atomic E-state index is 6.12. The van der Waals surface area contributed by atoms with Gasteiger partial charge in [0.05, 0.1) is 18.3 Å². The molecule has 0 aliphatic carbocycles. The largest absolute Gasteiger partial charge is 0.379 e. The molecule has 1 heterocycles. The van der Waals surface area contributed by atoms with Gasteiger partial charge in [-0.3, -0.25) is 4.68 Å². The number of aromatic nitrogens is 2. The molecule has 4 heteroatoms. The fourth-order valence-corrected chi connectivity index (χ4v) is 2.50. The van der Waals surface area contributed by atoms with Crippen LogP contribution in [0.5, 0.6) is 0 Å². The van der Waals surface area contributed by atoms with E-state index in [9.17, 15) is 0 Å². The molecule has 2 aromatic rings. The van der Waals surface area contributed by atoms with E-state index in [2.05, 4.69) is 41.2 Å². The van der Waals surface area contributed by atoms with Crippen LogP contribution in [0.15, 0.2) is 30.5 Å². The number of halogens is 1. The normalized spacial score (nSPS) is 11.1. The van der Waals surface area contributed by atoms with Crippen molar-refractivity contribution < 1.29 is 0 Å². The Balaban J connectivity index is 2.03. The highest BCUT2D eigenvalue weighted by Gasteiger charge is 2.08. The van der Waals surface area contributed by atoms with Crippen molar-refractivity contribution in [3.05, 3.63) is 46.7 Å². The van der Waals surface area contributed by atoms with Crippen LogP contribution in [0.4, 0.5) is 5.69 Å². The van der Waals surface area contributed by atoms with Crippen LogP contribution < -0.4 is 5.32 Å². The molecule has 0 radical (unpaired) electrons. The van der Waals surface area contributed by atoms with Gasteiger partial charge in [0, 0.05) is 16.9 Å². The van der Waals surface area contributed by atoms with Gasteiger partial charge in [-0.25, -0.2) is 0 Å². The topological polar surface area (TPSA) is 29.9 Å². The third kappa shape index (κ3) is 3.34. The van der Waals surface area contributed by atoms with Crippen LogP contribution in [0.1, 0.15) is 44.0 Å². The lowest BCUT2D eigenvalue weighted by atomic mass is 10.2.